The molecule has 2 saturated heterocycles. The Morgan fingerprint density at radius 1 is 0.882 bits per heavy atom. The van der Waals surface area contributed by atoms with Crippen LogP contribution in [0.4, 0.5) is 0 Å². The summed E-state index contributed by atoms with van der Waals surface area (Å²) in [5.41, 5.74) is 6.18. The molecule has 1 saturated carbocycles. The Kier molecular flexibility index (Phi) is 3.20. The van der Waals surface area contributed by atoms with Crippen molar-refractivity contribution in [3.05, 3.63) is 0 Å². The maximum absolute atomic E-state index is 6.18. The standard InChI is InChI=1S/C15H28N2/c1-10-3-6-15(11(2)7-10)17-13-4-5-14(17)9-12(16)8-13/h10-15H,3-9,16H2,1-2H3. The summed E-state index contributed by atoms with van der Waals surface area (Å²) < 4.78 is 0. The van der Waals surface area contributed by atoms with Gasteiger partial charge in [-0.3, -0.25) is 4.90 Å². The van der Waals surface area contributed by atoms with E-state index >= 15 is 0 Å². The van der Waals surface area contributed by atoms with Crippen LogP contribution >= 0.6 is 0 Å². The van der Waals surface area contributed by atoms with Crippen molar-refractivity contribution < 1.29 is 0 Å². The Morgan fingerprint density at radius 2 is 1.53 bits per heavy atom. The lowest BCUT2D eigenvalue weighted by atomic mass is 9.77. The first-order chi connectivity index (χ1) is 8.15. The molecule has 0 aromatic rings. The largest absolute Gasteiger partial charge is 0.328 e. The summed E-state index contributed by atoms with van der Waals surface area (Å²) in [6.45, 7) is 4.90. The van der Waals surface area contributed by atoms with E-state index in [-0.39, 0.29) is 0 Å². The van der Waals surface area contributed by atoms with Crippen LogP contribution in [0.5, 0.6) is 0 Å². The lowest BCUT2D eigenvalue weighted by molar-refractivity contribution is 0.0217. The van der Waals surface area contributed by atoms with Gasteiger partial charge in [-0.15, -0.1) is 0 Å². The van der Waals surface area contributed by atoms with Crippen LogP contribution in [-0.4, -0.2) is 29.1 Å². The number of nitrogens with two attached hydrogens (primary N) is 1. The van der Waals surface area contributed by atoms with E-state index in [2.05, 4.69) is 18.7 Å². The molecule has 2 nitrogen and oxygen atoms in total. The number of hydrogen-bond acceptors (Lipinski definition) is 2. The van der Waals surface area contributed by atoms with Gasteiger partial charge in [-0.05, 0) is 56.8 Å². The number of fused-ring (bicyclic) bond motifs is 2. The molecule has 3 rings (SSSR count). The highest BCUT2D eigenvalue weighted by atomic mass is 15.3. The van der Waals surface area contributed by atoms with E-state index in [1.54, 1.807) is 0 Å². The van der Waals surface area contributed by atoms with Crippen molar-refractivity contribution in [1.29, 1.82) is 0 Å². The van der Waals surface area contributed by atoms with Gasteiger partial charge in [0.05, 0.1) is 0 Å². The van der Waals surface area contributed by atoms with E-state index in [9.17, 15) is 0 Å². The molecule has 2 N–H and O–H groups in total. The van der Waals surface area contributed by atoms with Gasteiger partial charge in [0.2, 0.25) is 0 Å². The number of rotatable bonds is 1. The van der Waals surface area contributed by atoms with Crippen LogP contribution in [0.25, 0.3) is 0 Å². The topological polar surface area (TPSA) is 29.3 Å². The highest BCUT2D eigenvalue weighted by Gasteiger charge is 2.45. The van der Waals surface area contributed by atoms with Crippen LogP contribution in [0, 0.1) is 11.8 Å². The Bertz CT molecular complexity index is 264. The normalized spacial score (nSPS) is 51.7. The van der Waals surface area contributed by atoms with Crippen molar-refractivity contribution in [3.8, 4) is 0 Å². The summed E-state index contributed by atoms with van der Waals surface area (Å²) in [6.07, 6.45) is 9.66. The van der Waals surface area contributed by atoms with E-state index in [0.29, 0.717) is 6.04 Å². The molecule has 17 heavy (non-hydrogen) atoms. The molecule has 0 aromatic carbocycles. The highest BCUT2D eigenvalue weighted by molar-refractivity contribution is 5.01. The third kappa shape index (κ3) is 2.15. The quantitative estimate of drug-likeness (QED) is 0.758. The molecule has 0 aromatic heterocycles. The molecular formula is C15H28N2. The monoisotopic (exact) mass is 236 g/mol. The number of piperidine rings is 1. The minimum atomic E-state index is 0.488. The fraction of sp³-hybridized carbons (Fsp3) is 1.00. The Hall–Kier alpha value is -0.0800. The molecular weight excluding hydrogens is 208 g/mol. The second-order valence-corrected chi connectivity index (χ2v) is 7.03. The van der Waals surface area contributed by atoms with Gasteiger partial charge in [-0.25, -0.2) is 0 Å². The lowest BCUT2D eigenvalue weighted by Crippen LogP contribution is -2.54. The maximum Gasteiger partial charge on any atom is 0.0127 e. The van der Waals surface area contributed by atoms with Gasteiger partial charge in [-0.1, -0.05) is 13.8 Å². The molecule has 0 spiro atoms. The Labute approximate surface area is 106 Å². The fourth-order valence-corrected chi connectivity index (χ4v) is 4.89. The zero-order valence-corrected chi connectivity index (χ0v) is 11.4. The molecule has 2 aliphatic heterocycles. The molecule has 0 amide bonds. The van der Waals surface area contributed by atoms with E-state index < -0.39 is 0 Å². The summed E-state index contributed by atoms with van der Waals surface area (Å²) >= 11 is 0. The number of hydrogen-bond donors (Lipinski definition) is 1. The molecule has 2 heterocycles. The first kappa shape index (κ1) is 12.0. The van der Waals surface area contributed by atoms with Gasteiger partial charge in [0.15, 0.2) is 0 Å². The van der Waals surface area contributed by atoms with Crippen LogP contribution in [-0.2, 0) is 0 Å². The van der Waals surface area contributed by atoms with Gasteiger partial charge in [0.1, 0.15) is 0 Å². The molecule has 0 radical (unpaired) electrons. The predicted octanol–water partition coefficient (Wildman–Crippen LogP) is 2.77. The van der Waals surface area contributed by atoms with Crippen molar-refractivity contribution in [2.24, 2.45) is 17.6 Å². The Balaban J connectivity index is 1.72. The smallest absolute Gasteiger partial charge is 0.0127 e. The predicted molar refractivity (Wildman–Crippen MR) is 71.8 cm³/mol. The van der Waals surface area contributed by atoms with E-state index in [4.69, 9.17) is 5.73 Å². The average Bonchev–Trinajstić information content (AvgIpc) is 2.53. The summed E-state index contributed by atoms with van der Waals surface area (Å²) in [6, 6.07) is 3.01. The minimum Gasteiger partial charge on any atom is -0.328 e. The van der Waals surface area contributed by atoms with Gasteiger partial charge in [-0.2, -0.15) is 0 Å². The van der Waals surface area contributed by atoms with Crippen LogP contribution in [0.2, 0.25) is 0 Å². The molecule has 5 unspecified atom stereocenters. The molecule has 3 fully saturated rings. The van der Waals surface area contributed by atoms with Gasteiger partial charge in [0.25, 0.3) is 0 Å². The zero-order valence-electron chi connectivity index (χ0n) is 11.4. The van der Waals surface area contributed by atoms with Gasteiger partial charge >= 0.3 is 0 Å². The summed E-state index contributed by atoms with van der Waals surface area (Å²) in [5, 5.41) is 0. The fourth-order valence-electron chi connectivity index (χ4n) is 4.89. The highest BCUT2D eigenvalue weighted by Crippen LogP contribution is 2.42. The first-order valence-electron chi connectivity index (χ1n) is 7.68. The number of nitrogens with zero attached hydrogens (tertiary/aromatic N) is 1. The molecule has 1 aliphatic carbocycles. The van der Waals surface area contributed by atoms with Crippen molar-refractivity contribution in [3.63, 3.8) is 0 Å². The summed E-state index contributed by atoms with van der Waals surface area (Å²) in [7, 11) is 0. The van der Waals surface area contributed by atoms with Crippen molar-refractivity contribution >= 4 is 0 Å². The van der Waals surface area contributed by atoms with Crippen molar-refractivity contribution in [1.82, 2.24) is 4.90 Å². The second kappa shape index (κ2) is 4.55. The Morgan fingerprint density at radius 3 is 2.12 bits per heavy atom. The van der Waals surface area contributed by atoms with Crippen molar-refractivity contribution in [2.45, 2.75) is 83.0 Å². The molecule has 2 bridgehead atoms. The molecule has 2 heteroatoms. The van der Waals surface area contributed by atoms with E-state index in [1.165, 1.54) is 44.9 Å². The zero-order chi connectivity index (χ0) is 12.0. The molecule has 3 aliphatic rings. The maximum atomic E-state index is 6.18. The van der Waals surface area contributed by atoms with Crippen molar-refractivity contribution in [2.75, 3.05) is 0 Å². The lowest BCUT2D eigenvalue weighted by Gasteiger charge is -2.47. The molecule has 5 atom stereocenters. The summed E-state index contributed by atoms with van der Waals surface area (Å²) in [5.74, 6) is 1.85. The first-order valence-corrected chi connectivity index (χ1v) is 7.68. The SMILES string of the molecule is CC1CCC(N2C3CCC2CC(N)C3)C(C)C1. The van der Waals surface area contributed by atoms with E-state index in [0.717, 1.165) is 30.0 Å². The van der Waals surface area contributed by atoms with Crippen LogP contribution in [0.3, 0.4) is 0 Å². The van der Waals surface area contributed by atoms with Crippen LogP contribution in [0.1, 0.15) is 58.8 Å². The third-order valence-electron chi connectivity index (χ3n) is 5.60. The minimum absolute atomic E-state index is 0.488. The average molecular weight is 236 g/mol. The van der Waals surface area contributed by atoms with Crippen LogP contribution in [0.15, 0.2) is 0 Å². The third-order valence-corrected chi connectivity index (χ3v) is 5.60. The van der Waals surface area contributed by atoms with Gasteiger partial charge in [0, 0.05) is 24.2 Å². The second-order valence-electron chi connectivity index (χ2n) is 7.03. The summed E-state index contributed by atoms with van der Waals surface area (Å²) in [4.78, 5) is 2.90. The van der Waals surface area contributed by atoms with Crippen LogP contribution < -0.4 is 5.73 Å². The molecule has 98 valence electrons. The van der Waals surface area contributed by atoms with E-state index in [1.807, 2.05) is 0 Å². The van der Waals surface area contributed by atoms with Gasteiger partial charge < -0.3 is 5.73 Å².